The molecule has 0 aliphatic carbocycles. The van der Waals surface area contributed by atoms with Crippen LogP contribution in [0.3, 0.4) is 0 Å². The van der Waals surface area contributed by atoms with Crippen LogP contribution in [0.2, 0.25) is 0 Å². The van der Waals surface area contributed by atoms with Gasteiger partial charge in [-0.3, -0.25) is 9.78 Å². The molecule has 0 spiro atoms. The van der Waals surface area contributed by atoms with Crippen LogP contribution in [0.1, 0.15) is 32.1 Å². The molecule has 0 saturated heterocycles. The van der Waals surface area contributed by atoms with Crippen LogP contribution in [0.5, 0.6) is 0 Å². The van der Waals surface area contributed by atoms with Gasteiger partial charge in [0.1, 0.15) is 5.82 Å². The minimum atomic E-state index is -1.32. The van der Waals surface area contributed by atoms with Gasteiger partial charge in [0.2, 0.25) is 0 Å². The number of benzene rings is 1. The zero-order valence-electron chi connectivity index (χ0n) is 11.5. The maximum absolute atomic E-state index is 13.1. The van der Waals surface area contributed by atoms with Gasteiger partial charge in [-0.15, -0.1) is 0 Å². The summed E-state index contributed by atoms with van der Waals surface area (Å²) < 4.78 is 13.1. The van der Waals surface area contributed by atoms with Crippen LogP contribution in [0, 0.1) is 19.7 Å². The van der Waals surface area contributed by atoms with Gasteiger partial charge in [0.05, 0.1) is 22.5 Å². The molecule has 0 saturated carbocycles. The molecule has 1 amide bonds. The van der Waals surface area contributed by atoms with E-state index in [9.17, 15) is 14.0 Å². The summed E-state index contributed by atoms with van der Waals surface area (Å²) in [7, 11) is 0. The van der Waals surface area contributed by atoms with E-state index >= 15 is 0 Å². The summed E-state index contributed by atoms with van der Waals surface area (Å²) in [5.74, 6) is -2.49. The Hall–Kier alpha value is -2.76. The highest BCUT2D eigenvalue weighted by atomic mass is 19.1. The van der Waals surface area contributed by atoms with Crippen molar-refractivity contribution in [1.29, 1.82) is 0 Å². The van der Waals surface area contributed by atoms with Gasteiger partial charge >= 0.3 is 5.97 Å². The molecule has 21 heavy (non-hydrogen) atoms. The van der Waals surface area contributed by atoms with Gasteiger partial charge in [0.25, 0.3) is 5.91 Å². The van der Waals surface area contributed by atoms with Gasteiger partial charge in [0.15, 0.2) is 0 Å². The van der Waals surface area contributed by atoms with Crippen LogP contribution in [-0.4, -0.2) is 22.0 Å². The van der Waals surface area contributed by atoms with E-state index in [-0.39, 0.29) is 11.3 Å². The second kappa shape index (κ2) is 5.70. The zero-order chi connectivity index (χ0) is 15.6. The molecular formula is C15H13FN2O3. The molecule has 0 aliphatic rings. The van der Waals surface area contributed by atoms with E-state index in [2.05, 4.69) is 10.3 Å². The molecule has 1 aromatic heterocycles. The number of nitrogens with zero attached hydrogens (tertiary/aromatic N) is 1. The lowest BCUT2D eigenvalue weighted by molar-refractivity contribution is 0.0697. The van der Waals surface area contributed by atoms with Crippen molar-refractivity contribution in [3.05, 3.63) is 58.7 Å². The van der Waals surface area contributed by atoms with Gasteiger partial charge in [-0.2, -0.15) is 0 Å². The van der Waals surface area contributed by atoms with Crippen LogP contribution in [0.4, 0.5) is 10.1 Å². The third-order valence-electron chi connectivity index (χ3n) is 2.93. The Labute approximate surface area is 120 Å². The number of carbonyl (C=O) groups is 2. The number of halogens is 1. The number of carbonyl (C=O) groups excluding carboxylic acids is 1. The Morgan fingerprint density at radius 3 is 2.48 bits per heavy atom. The van der Waals surface area contributed by atoms with E-state index in [1.165, 1.54) is 6.07 Å². The topological polar surface area (TPSA) is 79.3 Å². The molecule has 0 radical (unpaired) electrons. The summed E-state index contributed by atoms with van der Waals surface area (Å²) in [6.07, 6.45) is 0. The first-order chi connectivity index (χ1) is 9.88. The van der Waals surface area contributed by atoms with E-state index in [1.807, 2.05) is 0 Å². The predicted molar refractivity (Wildman–Crippen MR) is 75.0 cm³/mol. The van der Waals surface area contributed by atoms with Crippen molar-refractivity contribution in [3.63, 3.8) is 0 Å². The Balaban J connectivity index is 2.34. The lowest BCUT2D eigenvalue weighted by Gasteiger charge is -2.10. The predicted octanol–water partition coefficient (Wildman–Crippen LogP) is 2.79. The van der Waals surface area contributed by atoms with Crippen LogP contribution in [0.25, 0.3) is 0 Å². The van der Waals surface area contributed by atoms with Crippen LogP contribution < -0.4 is 5.32 Å². The van der Waals surface area contributed by atoms with E-state index in [1.54, 1.807) is 26.0 Å². The third-order valence-corrected chi connectivity index (χ3v) is 2.93. The van der Waals surface area contributed by atoms with Gasteiger partial charge in [-0.1, -0.05) is 0 Å². The second-order valence-corrected chi connectivity index (χ2v) is 4.53. The van der Waals surface area contributed by atoms with Crippen molar-refractivity contribution in [1.82, 2.24) is 4.98 Å². The SMILES string of the molecule is Cc1ccc(C(=O)Nc2ccc(F)cc2C(=O)O)c(C)n1. The van der Waals surface area contributed by atoms with E-state index in [0.717, 1.165) is 17.8 Å². The molecule has 108 valence electrons. The maximum atomic E-state index is 13.1. The molecule has 0 bridgehead atoms. The first-order valence-electron chi connectivity index (χ1n) is 6.17. The number of carboxylic acids is 1. The van der Waals surface area contributed by atoms with Gasteiger partial charge in [-0.25, -0.2) is 9.18 Å². The molecule has 0 unspecified atom stereocenters. The summed E-state index contributed by atoms with van der Waals surface area (Å²) in [5.41, 5.74) is 1.37. The Morgan fingerprint density at radius 1 is 1.14 bits per heavy atom. The molecule has 2 aromatic rings. The number of aromatic carboxylic acids is 1. The lowest BCUT2D eigenvalue weighted by atomic mass is 10.1. The fraction of sp³-hybridized carbons (Fsp3) is 0.133. The van der Waals surface area contributed by atoms with Gasteiger partial charge < -0.3 is 10.4 Å². The van der Waals surface area contributed by atoms with E-state index < -0.39 is 17.7 Å². The first-order valence-corrected chi connectivity index (χ1v) is 6.17. The summed E-state index contributed by atoms with van der Waals surface area (Å²) in [4.78, 5) is 27.4. The molecule has 2 N–H and O–H groups in total. The molecule has 6 heteroatoms. The monoisotopic (exact) mass is 288 g/mol. The van der Waals surface area contributed by atoms with Crippen molar-refractivity contribution in [2.75, 3.05) is 5.32 Å². The number of pyridine rings is 1. The Kier molecular flexibility index (Phi) is 3.98. The summed E-state index contributed by atoms with van der Waals surface area (Å²) in [6.45, 7) is 3.49. The summed E-state index contributed by atoms with van der Waals surface area (Å²) >= 11 is 0. The molecular weight excluding hydrogens is 275 g/mol. The quantitative estimate of drug-likeness (QED) is 0.910. The van der Waals surface area contributed by atoms with Gasteiger partial charge in [-0.05, 0) is 44.2 Å². The Morgan fingerprint density at radius 2 is 1.86 bits per heavy atom. The van der Waals surface area contributed by atoms with Crippen molar-refractivity contribution >= 4 is 17.6 Å². The van der Waals surface area contributed by atoms with Crippen molar-refractivity contribution < 1.29 is 19.1 Å². The molecule has 0 aliphatic heterocycles. The van der Waals surface area contributed by atoms with Crippen molar-refractivity contribution in [2.45, 2.75) is 13.8 Å². The number of rotatable bonds is 3. The lowest BCUT2D eigenvalue weighted by Crippen LogP contribution is -2.16. The number of hydrogen-bond donors (Lipinski definition) is 2. The van der Waals surface area contributed by atoms with E-state index in [0.29, 0.717) is 11.3 Å². The van der Waals surface area contributed by atoms with Crippen molar-refractivity contribution in [3.8, 4) is 0 Å². The molecule has 2 rings (SSSR count). The number of aryl methyl sites for hydroxylation is 2. The number of aromatic nitrogens is 1. The number of hydrogen-bond acceptors (Lipinski definition) is 3. The molecule has 5 nitrogen and oxygen atoms in total. The smallest absolute Gasteiger partial charge is 0.337 e. The number of amides is 1. The van der Waals surface area contributed by atoms with Crippen LogP contribution in [0.15, 0.2) is 30.3 Å². The highest BCUT2D eigenvalue weighted by Gasteiger charge is 2.16. The molecule has 1 heterocycles. The average Bonchev–Trinajstić information content (AvgIpc) is 2.40. The average molecular weight is 288 g/mol. The standard InChI is InChI=1S/C15H13FN2O3/c1-8-3-5-11(9(2)17-8)14(19)18-13-6-4-10(16)7-12(13)15(20)21/h3-7H,1-2H3,(H,18,19)(H,20,21). The number of nitrogens with one attached hydrogen (secondary N) is 1. The normalized spacial score (nSPS) is 10.2. The van der Waals surface area contributed by atoms with Crippen LogP contribution in [-0.2, 0) is 0 Å². The van der Waals surface area contributed by atoms with Crippen LogP contribution >= 0.6 is 0 Å². The largest absolute Gasteiger partial charge is 0.478 e. The van der Waals surface area contributed by atoms with Gasteiger partial charge in [0, 0.05) is 5.69 Å². The zero-order valence-corrected chi connectivity index (χ0v) is 11.5. The van der Waals surface area contributed by atoms with Crippen molar-refractivity contribution in [2.24, 2.45) is 0 Å². The summed E-state index contributed by atoms with van der Waals surface area (Å²) in [6, 6.07) is 6.45. The number of anilines is 1. The van der Waals surface area contributed by atoms with E-state index in [4.69, 9.17) is 5.11 Å². The Bertz CT molecular complexity index is 729. The third kappa shape index (κ3) is 3.22. The first kappa shape index (κ1) is 14.6. The fourth-order valence-electron chi connectivity index (χ4n) is 1.92. The number of carboxylic acid groups (broad SMARTS) is 1. The molecule has 0 atom stereocenters. The highest BCUT2D eigenvalue weighted by molar-refractivity contribution is 6.08. The minimum absolute atomic E-state index is 0.0360. The fourth-order valence-corrected chi connectivity index (χ4v) is 1.92. The minimum Gasteiger partial charge on any atom is -0.478 e. The summed E-state index contributed by atoms with van der Waals surface area (Å²) in [5, 5.41) is 11.5. The highest BCUT2D eigenvalue weighted by Crippen LogP contribution is 2.19. The molecule has 1 aromatic carbocycles. The maximum Gasteiger partial charge on any atom is 0.337 e. The molecule has 0 fully saturated rings. The second-order valence-electron chi connectivity index (χ2n) is 4.53.